The lowest BCUT2D eigenvalue weighted by atomic mass is 10.2. The Morgan fingerprint density at radius 2 is 1.63 bits per heavy atom. The molecule has 0 aliphatic heterocycles. The highest BCUT2D eigenvalue weighted by atomic mass is 35.5. The first-order chi connectivity index (χ1) is 16.8. The number of ether oxygens (including phenoxy) is 3. The molecular formula is C23H18ClN3O8. The van der Waals surface area contributed by atoms with E-state index in [1.54, 1.807) is 30.3 Å². The predicted octanol–water partition coefficient (Wildman–Crippen LogP) is 3.67. The smallest absolute Gasteiger partial charge is 0.338 e. The quantitative estimate of drug-likeness (QED) is 0.271. The summed E-state index contributed by atoms with van der Waals surface area (Å²) in [6.07, 6.45) is 0. The summed E-state index contributed by atoms with van der Waals surface area (Å²) in [5.74, 6) is -2.05. The van der Waals surface area contributed by atoms with Gasteiger partial charge in [-0.3, -0.25) is 30.6 Å². The summed E-state index contributed by atoms with van der Waals surface area (Å²) >= 11 is 5.81. The molecule has 3 rings (SSSR count). The van der Waals surface area contributed by atoms with Crippen LogP contribution in [-0.2, 0) is 9.53 Å². The zero-order valence-corrected chi connectivity index (χ0v) is 18.9. The van der Waals surface area contributed by atoms with Crippen molar-refractivity contribution < 1.29 is 33.5 Å². The third-order valence-electron chi connectivity index (χ3n) is 4.42. The molecule has 180 valence electrons. The number of hydrogen-bond acceptors (Lipinski definition) is 8. The first kappa shape index (κ1) is 25.0. The molecule has 11 nitrogen and oxygen atoms in total. The van der Waals surface area contributed by atoms with Crippen LogP contribution in [0.25, 0.3) is 0 Å². The van der Waals surface area contributed by atoms with Crippen LogP contribution < -0.4 is 20.3 Å². The Balaban J connectivity index is 1.60. The molecule has 3 aromatic carbocycles. The Kier molecular flexibility index (Phi) is 8.20. The monoisotopic (exact) mass is 499 g/mol. The molecule has 0 heterocycles. The minimum atomic E-state index is -0.850. The van der Waals surface area contributed by atoms with Crippen molar-refractivity contribution in [3.05, 3.63) is 93.0 Å². The van der Waals surface area contributed by atoms with Gasteiger partial charge in [-0.15, -0.1) is 0 Å². The molecule has 0 spiro atoms. The number of nitro groups is 1. The van der Waals surface area contributed by atoms with Gasteiger partial charge in [0.2, 0.25) is 5.75 Å². The van der Waals surface area contributed by atoms with E-state index in [1.807, 2.05) is 0 Å². The van der Waals surface area contributed by atoms with Crippen LogP contribution in [0.4, 0.5) is 5.69 Å². The fraction of sp³-hybridized carbons (Fsp3) is 0.0870. The Bertz CT molecular complexity index is 1270. The minimum Gasteiger partial charge on any atom is -0.493 e. The summed E-state index contributed by atoms with van der Waals surface area (Å²) in [7, 11) is 1.32. The summed E-state index contributed by atoms with van der Waals surface area (Å²) in [5.41, 5.74) is 4.36. The maximum absolute atomic E-state index is 12.3. The van der Waals surface area contributed by atoms with Crippen molar-refractivity contribution in [3.63, 3.8) is 0 Å². The second-order valence-corrected chi connectivity index (χ2v) is 7.22. The van der Waals surface area contributed by atoms with E-state index in [1.165, 1.54) is 37.4 Å². The summed E-state index contributed by atoms with van der Waals surface area (Å²) in [5, 5.41) is 11.4. The molecule has 0 fully saturated rings. The number of hydrogen-bond donors (Lipinski definition) is 2. The molecule has 0 saturated carbocycles. The van der Waals surface area contributed by atoms with Crippen molar-refractivity contribution in [3.8, 4) is 17.2 Å². The van der Waals surface area contributed by atoms with Gasteiger partial charge in [0.1, 0.15) is 0 Å². The second kappa shape index (κ2) is 11.5. The standard InChI is InChI=1S/C23H18ClN3O8/c1-33-20-11-15(7-9-19(20)35-18-10-8-16(24)12-17(18)27(31)32)23(30)34-13-21(28)25-26-22(29)14-5-3-2-4-6-14/h2-12H,13H2,1H3,(H,25,28)(H,26,29). The topological polar surface area (TPSA) is 146 Å². The van der Waals surface area contributed by atoms with E-state index >= 15 is 0 Å². The third-order valence-corrected chi connectivity index (χ3v) is 4.66. The van der Waals surface area contributed by atoms with Crippen LogP contribution in [0.3, 0.4) is 0 Å². The van der Waals surface area contributed by atoms with Crippen LogP contribution in [0, 0.1) is 10.1 Å². The molecule has 0 saturated heterocycles. The van der Waals surface area contributed by atoms with Crippen molar-refractivity contribution >= 4 is 35.1 Å². The van der Waals surface area contributed by atoms with Crippen LogP contribution >= 0.6 is 11.6 Å². The number of carbonyl (C=O) groups excluding carboxylic acids is 3. The highest BCUT2D eigenvalue weighted by Gasteiger charge is 2.20. The normalized spacial score (nSPS) is 10.1. The first-order valence-corrected chi connectivity index (χ1v) is 10.3. The largest absolute Gasteiger partial charge is 0.493 e. The lowest BCUT2D eigenvalue weighted by Crippen LogP contribution is -2.43. The number of benzene rings is 3. The number of hydrazine groups is 1. The van der Waals surface area contributed by atoms with Gasteiger partial charge < -0.3 is 14.2 Å². The van der Waals surface area contributed by atoms with Crippen LogP contribution in [-0.4, -0.2) is 36.4 Å². The van der Waals surface area contributed by atoms with E-state index in [9.17, 15) is 24.5 Å². The Morgan fingerprint density at radius 1 is 0.914 bits per heavy atom. The number of amides is 2. The van der Waals surface area contributed by atoms with Crippen LogP contribution in [0.5, 0.6) is 17.2 Å². The fourth-order valence-corrected chi connectivity index (χ4v) is 2.92. The number of nitro benzene ring substituents is 1. The van der Waals surface area contributed by atoms with Gasteiger partial charge in [0, 0.05) is 16.7 Å². The van der Waals surface area contributed by atoms with Crippen molar-refractivity contribution in [1.29, 1.82) is 0 Å². The zero-order chi connectivity index (χ0) is 25.4. The number of rotatable bonds is 8. The Hall–Kier alpha value is -4.64. The number of nitrogens with zero attached hydrogens (tertiary/aromatic N) is 1. The minimum absolute atomic E-state index is 0.0286. The average Bonchev–Trinajstić information content (AvgIpc) is 2.87. The summed E-state index contributed by atoms with van der Waals surface area (Å²) in [6.45, 7) is -0.661. The van der Waals surface area contributed by atoms with Gasteiger partial charge in [-0.2, -0.15) is 0 Å². The number of nitrogens with one attached hydrogen (secondary N) is 2. The zero-order valence-electron chi connectivity index (χ0n) is 18.1. The Morgan fingerprint density at radius 3 is 2.31 bits per heavy atom. The third kappa shape index (κ3) is 6.68. The predicted molar refractivity (Wildman–Crippen MR) is 124 cm³/mol. The van der Waals surface area contributed by atoms with Gasteiger partial charge in [-0.05, 0) is 42.5 Å². The van der Waals surface area contributed by atoms with Gasteiger partial charge >= 0.3 is 11.7 Å². The molecule has 0 radical (unpaired) electrons. The van der Waals surface area contributed by atoms with Crippen molar-refractivity contribution in [1.82, 2.24) is 10.9 Å². The highest BCUT2D eigenvalue weighted by molar-refractivity contribution is 6.30. The fourth-order valence-electron chi connectivity index (χ4n) is 2.76. The molecule has 12 heteroatoms. The molecule has 3 aromatic rings. The SMILES string of the molecule is COc1cc(C(=O)OCC(=O)NNC(=O)c2ccccc2)ccc1Oc1ccc(Cl)cc1[N+](=O)[O-]. The van der Waals surface area contributed by atoms with Gasteiger partial charge in [-0.1, -0.05) is 29.8 Å². The molecule has 0 atom stereocenters. The number of methoxy groups -OCH3 is 1. The molecule has 0 bridgehead atoms. The van der Waals surface area contributed by atoms with Crippen LogP contribution in [0.15, 0.2) is 66.7 Å². The van der Waals surface area contributed by atoms with Crippen molar-refractivity contribution in [2.45, 2.75) is 0 Å². The van der Waals surface area contributed by atoms with E-state index in [0.29, 0.717) is 5.56 Å². The van der Waals surface area contributed by atoms with E-state index in [-0.39, 0.29) is 33.5 Å². The maximum Gasteiger partial charge on any atom is 0.338 e. The van der Waals surface area contributed by atoms with Crippen LogP contribution in [0.1, 0.15) is 20.7 Å². The van der Waals surface area contributed by atoms with E-state index in [4.69, 9.17) is 25.8 Å². The second-order valence-electron chi connectivity index (χ2n) is 6.78. The van der Waals surface area contributed by atoms with Crippen LogP contribution in [0.2, 0.25) is 5.02 Å². The molecule has 35 heavy (non-hydrogen) atoms. The Labute approximate surface area is 203 Å². The van der Waals surface area contributed by atoms with Gasteiger partial charge in [-0.25, -0.2) is 4.79 Å². The highest BCUT2D eigenvalue weighted by Crippen LogP contribution is 2.38. The van der Waals surface area contributed by atoms with Gasteiger partial charge in [0.05, 0.1) is 17.6 Å². The first-order valence-electron chi connectivity index (χ1n) is 9.89. The molecule has 0 aromatic heterocycles. The summed E-state index contributed by atoms with van der Waals surface area (Å²) < 4.78 is 15.7. The molecule has 2 amide bonds. The van der Waals surface area contributed by atoms with E-state index in [2.05, 4.69) is 10.9 Å². The molecule has 0 aliphatic carbocycles. The number of halogens is 1. The summed E-state index contributed by atoms with van der Waals surface area (Å²) in [6, 6.07) is 16.1. The van der Waals surface area contributed by atoms with Gasteiger partial charge in [0.25, 0.3) is 11.8 Å². The van der Waals surface area contributed by atoms with E-state index < -0.39 is 29.3 Å². The lowest BCUT2D eigenvalue weighted by Gasteiger charge is -2.12. The maximum atomic E-state index is 12.3. The average molecular weight is 500 g/mol. The molecule has 2 N–H and O–H groups in total. The number of carbonyl (C=O) groups is 3. The van der Waals surface area contributed by atoms with Gasteiger partial charge in [0.15, 0.2) is 18.1 Å². The van der Waals surface area contributed by atoms with E-state index in [0.717, 1.165) is 6.07 Å². The summed E-state index contributed by atoms with van der Waals surface area (Å²) in [4.78, 5) is 46.8. The molecular weight excluding hydrogens is 482 g/mol. The molecule has 0 unspecified atom stereocenters. The van der Waals surface area contributed by atoms with Crippen molar-refractivity contribution in [2.24, 2.45) is 0 Å². The lowest BCUT2D eigenvalue weighted by molar-refractivity contribution is -0.385. The number of esters is 1. The van der Waals surface area contributed by atoms with Crippen molar-refractivity contribution in [2.75, 3.05) is 13.7 Å². The molecule has 0 aliphatic rings.